The van der Waals surface area contributed by atoms with Crippen molar-refractivity contribution in [2.24, 2.45) is 5.73 Å². The van der Waals surface area contributed by atoms with Crippen LogP contribution in [-0.2, 0) is 0 Å². The number of pyridine rings is 1. The number of fused-ring (bicyclic) bond motifs is 1. The van der Waals surface area contributed by atoms with Gasteiger partial charge in [-0.2, -0.15) is 0 Å². The summed E-state index contributed by atoms with van der Waals surface area (Å²) in [5.74, 6) is 0. The molecule has 2 fully saturated rings. The van der Waals surface area contributed by atoms with Gasteiger partial charge < -0.3 is 10.6 Å². The summed E-state index contributed by atoms with van der Waals surface area (Å²) in [6.07, 6.45) is 4.68. The Balaban J connectivity index is 1.77. The monoisotopic (exact) mass is 260 g/mol. The number of aromatic nitrogens is 1. The maximum Gasteiger partial charge on any atom is 0.0569 e. The number of hydrogen-bond donors (Lipinski definition) is 1. The molecular weight excluding hydrogens is 236 g/mol. The van der Waals surface area contributed by atoms with E-state index in [4.69, 9.17) is 5.73 Å². The van der Waals surface area contributed by atoms with E-state index in [9.17, 15) is 0 Å². The molecule has 4 heteroatoms. The molecule has 1 aromatic rings. The Morgan fingerprint density at radius 1 is 1.37 bits per heavy atom. The second-order valence-corrected chi connectivity index (χ2v) is 6.02. The van der Waals surface area contributed by atoms with Gasteiger partial charge in [-0.15, -0.1) is 0 Å². The zero-order valence-electron chi connectivity index (χ0n) is 11.9. The Morgan fingerprint density at radius 2 is 2.21 bits per heavy atom. The van der Waals surface area contributed by atoms with Crippen molar-refractivity contribution in [3.63, 3.8) is 0 Å². The molecular formula is C15H24N4. The van der Waals surface area contributed by atoms with Crippen LogP contribution in [0.2, 0.25) is 0 Å². The summed E-state index contributed by atoms with van der Waals surface area (Å²) in [5, 5.41) is 0. The third kappa shape index (κ3) is 2.47. The van der Waals surface area contributed by atoms with E-state index in [1.807, 2.05) is 13.1 Å². The molecule has 3 heterocycles. The standard InChI is InChI=1S/C15H24N4/c1-11-9-18-7-3-4-14(18)10-19(11)13-5-6-15(12(2)16)17-8-13/h5-6,8,11-12,14H,3-4,7,9-10,16H2,1-2H3/t11?,12-,14?/m0/s1. The molecule has 104 valence electrons. The lowest BCUT2D eigenvalue weighted by molar-refractivity contribution is 0.203. The molecule has 0 saturated carbocycles. The van der Waals surface area contributed by atoms with Gasteiger partial charge in [-0.1, -0.05) is 0 Å². The Kier molecular flexibility index (Phi) is 3.46. The quantitative estimate of drug-likeness (QED) is 0.880. The molecule has 0 aliphatic carbocycles. The van der Waals surface area contributed by atoms with Crippen LogP contribution < -0.4 is 10.6 Å². The van der Waals surface area contributed by atoms with Crippen molar-refractivity contribution in [1.29, 1.82) is 0 Å². The van der Waals surface area contributed by atoms with Gasteiger partial charge in [-0.05, 0) is 45.4 Å². The van der Waals surface area contributed by atoms with Crippen LogP contribution in [0.1, 0.15) is 38.4 Å². The first-order valence-electron chi connectivity index (χ1n) is 7.37. The number of rotatable bonds is 2. The maximum absolute atomic E-state index is 5.86. The molecule has 3 rings (SSSR count). The van der Waals surface area contributed by atoms with Crippen LogP contribution in [0, 0.1) is 0 Å². The van der Waals surface area contributed by atoms with Crippen molar-refractivity contribution < 1.29 is 0 Å². The van der Waals surface area contributed by atoms with E-state index < -0.39 is 0 Å². The van der Waals surface area contributed by atoms with Gasteiger partial charge in [0, 0.05) is 31.2 Å². The molecule has 0 aromatic carbocycles. The highest BCUT2D eigenvalue weighted by Crippen LogP contribution is 2.28. The van der Waals surface area contributed by atoms with Gasteiger partial charge in [0.2, 0.25) is 0 Å². The lowest BCUT2D eigenvalue weighted by atomic mass is 10.1. The van der Waals surface area contributed by atoms with Gasteiger partial charge in [0.1, 0.15) is 0 Å². The van der Waals surface area contributed by atoms with Gasteiger partial charge in [0.25, 0.3) is 0 Å². The fraction of sp³-hybridized carbons (Fsp3) is 0.667. The van der Waals surface area contributed by atoms with Gasteiger partial charge >= 0.3 is 0 Å². The molecule has 1 aromatic heterocycles. The molecule has 0 spiro atoms. The average molecular weight is 260 g/mol. The summed E-state index contributed by atoms with van der Waals surface area (Å²) in [4.78, 5) is 9.64. The van der Waals surface area contributed by atoms with Crippen molar-refractivity contribution in [2.45, 2.75) is 44.8 Å². The van der Waals surface area contributed by atoms with E-state index in [0.29, 0.717) is 6.04 Å². The normalized spacial score (nSPS) is 29.3. The molecule has 2 unspecified atom stereocenters. The Morgan fingerprint density at radius 3 is 2.89 bits per heavy atom. The number of piperazine rings is 1. The summed E-state index contributed by atoms with van der Waals surface area (Å²) in [7, 11) is 0. The van der Waals surface area contributed by atoms with E-state index in [1.54, 1.807) is 0 Å². The number of hydrogen-bond acceptors (Lipinski definition) is 4. The average Bonchev–Trinajstić information content (AvgIpc) is 2.85. The molecule has 2 N–H and O–H groups in total. The van der Waals surface area contributed by atoms with Crippen LogP contribution in [0.4, 0.5) is 5.69 Å². The lowest BCUT2D eigenvalue weighted by Gasteiger charge is -2.43. The Labute approximate surface area is 115 Å². The second-order valence-electron chi connectivity index (χ2n) is 6.02. The van der Waals surface area contributed by atoms with E-state index in [1.165, 1.54) is 31.6 Å². The lowest BCUT2D eigenvalue weighted by Crippen LogP contribution is -2.55. The van der Waals surface area contributed by atoms with Crippen molar-refractivity contribution in [3.8, 4) is 0 Å². The van der Waals surface area contributed by atoms with Crippen molar-refractivity contribution >= 4 is 5.69 Å². The zero-order chi connectivity index (χ0) is 13.4. The first-order chi connectivity index (χ1) is 9.15. The van der Waals surface area contributed by atoms with E-state index >= 15 is 0 Å². The number of nitrogens with zero attached hydrogens (tertiary/aromatic N) is 3. The summed E-state index contributed by atoms with van der Waals surface area (Å²) >= 11 is 0. The third-order valence-corrected chi connectivity index (χ3v) is 4.51. The van der Waals surface area contributed by atoms with Crippen molar-refractivity contribution in [2.75, 3.05) is 24.5 Å². The molecule has 2 aliphatic rings. The Bertz CT molecular complexity index is 428. The SMILES string of the molecule is CC1CN2CCCC2CN1c1ccc([C@H](C)N)nc1. The smallest absolute Gasteiger partial charge is 0.0569 e. The molecule has 2 saturated heterocycles. The van der Waals surface area contributed by atoms with Crippen LogP contribution in [-0.4, -0.2) is 41.6 Å². The molecule has 3 atom stereocenters. The first-order valence-corrected chi connectivity index (χ1v) is 7.37. The summed E-state index contributed by atoms with van der Waals surface area (Å²) in [6.45, 7) is 7.89. The largest absolute Gasteiger partial charge is 0.365 e. The highest BCUT2D eigenvalue weighted by atomic mass is 15.3. The van der Waals surface area contributed by atoms with Crippen LogP contribution in [0.5, 0.6) is 0 Å². The van der Waals surface area contributed by atoms with Gasteiger partial charge in [-0.3, -0.25) is 9.88 Å². The highest BCUT2D eigenvalue weighted by molar-refractivity contribution is 5.47. The molecule has 0 bridgehead atoms. The Hall–Kier alpha value is -1.13. The molecule has 0 amide bonds. The predicted octanol–water partition coefficient (Wildman–Crippen LogP) is 1.77. The van der Waals surface area contributed by atoms with Crippen molar-refractivity contribution in [3.05, 3.63) is 24.0 Å². The van der Waals surface area contributed by atoms with E-state index in [-0.39, 0.29) is 6.04 Å². The molecule has 0 radical (unpaired) electrons. The number of anilines is 1. The van der Waals surface area contributed by atoms with E-state index in [0.717, 1.165) is 18.3 Å². The number of nitrogens with two attached hydrogens (primary N) is 1. The van der Waals surface area contributed by atoms with Crippen LogP contribution in [0.15, 0.2) is 18.3 Å². The van der Waals surface area contributed by atoms with Crippen LogP contribution in [0.3, 0.4) is 0 Å². The second kappa shape index (κ2) is 5.10. The molecule has 19 heavy (non-hydrogen) atoms. The minimum atomic E-state index is 0.0122. The van der Waals surface area contributed by atoms with Gasteiger partial charge in [0.05, 0.1) is 17.6 Å². The minimum absolute atomic E-state index is 0.0122. The first kappa shape index (κ1) is 12.9. The third-order valence-electron chi connectivity index (χ3n) is 4.51. The van der Waals surface area contributed by atoms with Crippen molar-refractivity contribution in [1.82, 2.24) is 9.88 Å². The van der Waals surface area contributed by atoms with Crippen LogP contribution in [0.25, 0.3) is 0 Å². The van der Waals surface area contributed by atoms with Gasteiger partial charge in [0.15, 0.2) is 0 Å². The van der Waals surface area contributed by atoms with E-state index in [2.05, 4.69) is 33.8 Å². The molecule has 2 aliphatic heterocycles. The topological polar surface area (TPSA) is 45.4 Å². The van der Waals surface area contributed by atoms with Gasteiger partial charge in [-0.25, -0.2) is 0 Å². The fourth-order valence-corrected chi connectivity index (χ4v) is 3.38. The highest BCUT2D eigenvalue weighted by Gasteiger charge is 2.34. The molecule has 4 nitrogen and oxygen atoms in total. The predicted molar refractivity (Wildman–Crippen MR) is 78.2 cm³/mol. The summed E-state index contributed by atoms with van der Waals surface area (Å²) < 4.78 is 0. The summed E-state index contributed by atoms with van der Waals surface area (Å²) in [5.41, 5.74) is 8.06. The fourth-order valence-electron chi connectivity index (χ4n) is 3.38. The minimum Gasteiger partial charge on any atom is -0.365 e. The maximum atomic E-state index is 5.86. The summed E-state index contributed by atoms with van der Waals surface area (Å²) in [6, 6.07) is 5.56. The van der Waals surface area contributed by atoms with Crippen LogP contribution >= 0.6 is 0 Å². The zero-order valence-corrected chi connectivity index (χ0v) is 11.9.